The summed E-state index contributed by atoms with van der Waals surface area (Å²) >= 11 is 0. The van der Waals surface area contributed by atoms with Gasteiger partial charge in [0.25, 0.3) is 0 Å². The molecule has 0 saturated heterocycles. The number of rotatable bonds is 6. The lowest BCUT2D eigenvalue weighted by Crippen LogP contribution is -2.33. The molecule has 90 valence electrons. The molecule has 1 saturated carbocycles. The van der Waals surface area contributed by atoms with Crippen molar-refractivity contribution in [2.75, 3.05) is 20.1 Å². The smallest absolute Gasteiger partial charge is 0.0108 e. The van der Waals surface area contributed by atoms with E-state index in [9.17, 15) is 0 Å². The van der Waals surface area contributed by atoms with Crippen molar-refractivity contribution < 1.29 is 0 Å². The highest BCUT2D eigenvalue weighted by Crippen LogP contribution is 2.23. The maximum Gasteiger partial charge on any atom is 0.0108 e. The monoisotopic (exact) mass is 212 g/mol. The summed E-state index contributed by atoms with van der Waals surface area (Å²) in [4.78, 5) is 2.57. The van der Waals surface area contributed by atoms with Crippen molar-refractivity contribution >= 4 is 0 Å². The molecule has 2 unspecified atom stereocenters. The molecule has 15 heavy (non-hydrogen) atoms. The van der Waals surface area contributed by atoms with Gasteiger partial charge in [-0.25, -0.2) is 0 Å². The molecule has 0 radical (unpaired) electrons. The Labute approximate surface area is 95.4 Å². The first-order chi connectivity index (χ1) is 7.13. The molecule has 0 aromatic carbocycles. The molecular weight excluding hydrogens is 184 g/mol. The summed E-state index contributed by atoms with van der Waals surface area (Å²) in [5.74, 6) is 0.832. The summed E-state index contributed by atoms with van der Waals surface area (Å²) in [5.41, 5.74) is 0. The minimum Gasteiger partial charge on any atom is -0.314 e. The van der Waals surface area contributed by atoms with Gasteiger partial charge in [-0.05, 0) is 51.7 Å². The fraction of sp³-hybridized carbons (Fsp3) is 1.00. The van der Waals surface area contributed by atoms with E-state index in [2.05, 4.69) is 38.0 Å². The van der Waals surface area contributed by atoms with Gasteiger partial charge in [0.15, 0.2) is 0 Å². The molecule has 0 spiro atoms. The Morgan fingerprint density at radius 1 is 1.33 bits per heavy atom. The Morgan fingerprint density at radius 2 is 2.07 bits per heavy atom. The Hall–Kier alpha value is -0.0800. The number of hydrogen-bond donors (Lipinski definition) is 1. The predicted octanol–water partition coefficient (Wildman–Crippen LogP) is 2.49. The van der Waals surface area contributed by atoms with Crippen molar-refractivity contribution in [1.29, 1.82) is 0 Å². The SMILES string of the molecule is CCNC1CCC(N(C)CCC(C)C)C1. The molecule has 0 heterocycles. The van der Waals surface area contributed by atoms with E-state index in [1.54, 1.807) is 0 Å². The van der Waals surface area contributed by atoms with Crippen LogP contribution in [0, 0.1) is 5.92 Å². The Balaban J connectivity index is 2.20. The van der Waals surface area contributed by atoms with Crippen LogP contribution in [0.15, 0.2) is 0 Å². The molecule has 0 aromatic rings. The first-order valence-electron chi connectivity index (χ1n) is 6.57. The summed E-state index contributed by atoms with van der Waals surface area (Å²) in [6, 6.07) is 1.61. The Morgan fingerprint density at radius 3 is 2.67 bits per heavy atom. The molecule has 0 aliphatic heterocycles. The average molecular weight is 212 g/mol. The van der Waals surface area contributed by atoms with Crippen LogP contribution in [0.1, 0.15) is 46.5 Å². The van der Waals surface area contributed by atoms with Gasteiger partial charge >= 0.3 is 0 Å². The normalized spacial score (nSPS) is 26.8. The van der Waals surface area contributed by atoms with Crippen molar-refractivity contribution in [3.05, 3.63) is 0 Å². The Kier molecular flexibility index (Phi) is 5.62. The van der Waals surface area contributed by atoms with Gasteiger partial charge in [-0.15, -0.1) is 0 Å². The summed E-state index contributed by atoms with van der Waals surface area (Å²) in [6.07, 6.45) is 5.43. The molecule has 2 heteroatoms. The second kappa shape index (κ2) is 6.49. The molecule has 1 aliphatic carbocycles. The molecule has 1 rings (SSSR count). The summed E-state index contributed by atoms with van der Waals surface area (Å²) in [6.45, 7) is 9.21. The Bertz CT molecular complexity index is 168. The largest absolute Gasteiger partial charge is 0.314 e. The van der Waals surface area contributed by atoms with Crippen LogP contribution >= 0.6 is 0 Å². The molecule has 2 nitrogen and oxygen atoms in total. The van der Waals surface area contributed by atoms with Crippen molar-refractivity contribution in [2.24, 2.45) is 5.92 Å². The van der Waals surface area contributed by atoms with Crippen LogP contribution in [-0.4, -0.2) is 37.1 Å². The van der Waals surface area contributed by atoms with Gasteiger partial charge in [0, 0.05) is 12.1 Å². The number of nitrogens with zero attached hydrogens (tertiary/aromatic N) is 1. The number of hydrogen-bond acceptors (Lipinski definition) is 2. The highest BCUT2D eigenvalue weighted by Gasteiger charge is 2.26. The third-order valence-corrected chi connectivity index (χ3v) is 3.58. The average Bonchev–Trinajstić information content (AvgIpc) is 2.63. The van der Waals surface area contributed by atoms with Crippen LogP contribution < -0.4 is 5.32 Å². The summed E-state index contributed by atoms with van der Waals surface area (Å²) in [5, 5.41) is 3.57. The lowest BCUT2D eigenvalue weighted by atomic mass is 10.1. The zero-order chi connectivity index (χ0) is 11.3. The lowest BCUT2D eigenvalue weighted by molar-refractivity contribution is 0.229. The van der Waals surface area contributed by atoms with Gasteiger partial charge in [-0.3, -0.25) is 0 Å². The van der Waals surface area contributed by atoms with Crippen molar-refractivity contribution in [1.82, 2.24) is 10.2 Å². The van der Waals surface area contributed by atoms with Crippen molar-refractivity contribution in [3.63, 3.8) is 0 Å². The van der Waals surface area contributed by atoms with E-state index < -0.39 is 0 Å². The number of nitrogens with one attached hydrogen (secondary N) is 1. The molecule has 0 aromatic heterocycles. The van der Waals surface area contributed by atoms with Gasteiger partial charge in [0.2, 0.25) is 0 Å². The van der Waals surface area contributed by atoms with E-state index in [4.69, 9.17) is 0 Å². The summed E-state index contributed by atoms with van der Waals surface area (Å²) < 4.78 is 0. The predicted molar refractivity (Wildman–Crippen MR) is 67.2 cm³/mol. The third-order valence-electron chi connectivity index (χ3n) is 3.58. The quantitative estimate of drug-likeness (QED) is 0.728. The van der Waals surface area contributed by atoms with Crippen LogP contribution in [0.3, 0.4) is 0 Å². The molecule has 0 amide bonds. The van der Waals surface area contributed by atoms with Gasteiger partial charge in [-0.1, -0.05) is 20.8 Å². The lowest BCUT2D eigenvalue weighted by Gasteiger charge is -2.25. The van der Waals surface area contributed by atoms with E-state index in [1.165, 1.54) is 32.2 Å². The van der Waals surface area contributed by atoms with Crippen LogP contribution in [-0.2, 0) is 0 Å². The van der Waals surface area contributed by atoms with E-state index >= 15 is 0 Å². The second-order valence-electron chi connectivity index (χ2n) is 5.38. The van der Waals surface area contributed by atoms with Crippen LogP contribution in [0.25, 0.3) is 0 Å². The molecule has 1 aliphatic rings. The maximum atomic E-state index is 3.57. The van der Waals surface area contributed by atoms with E-state index in [-0.39, 0.29) is 0 Å². The highest BCUT2D eigenvalue weighted by atomic mass is 15.1. The van der Waals surface area contributed by atoms with Gasteiger partial charge in [0.1, 0.15) is 0 Å². The fourth-order valence-corrected chi connectivity index (χ4v) is 2.48. The van der Waals surface area contributed by atoms with Crippen molar-refractivity contribution in [2.45, 2.75) is 58.5 Å². The first kappa shape index (κ1) is 13.0. The molecule has 2 atom stereocenters. The standard InChI is InChI=1S/C13H28N2/c1-5-14-12-6-7-13(10-12)15(4)9-8-11(2)3/h11-14H,5-10H2,1-4H3. The molecule has 1 fully saturated rings. The molecule has 0 bridgehead atoms. The van der Waals surface area contributed by atoms with Gasteiger partial charge < -0.3 is 10.2 Å². The summed E-state index contributed by atoms with van der Waals surface area (Å²) in [7, 11) is 2.29. The molecular formula is C13H28N2. The minimum atomic E-state index is 0.779. The maximum absolute atomic E-state index is 3.57. The van der Waals surface area contributed by atoms with Gasteiger partial charge in [-0.2, -0.15) is 0 Å². The van der Waals surface area contributed by atoms with Gasteiger partial charge in [0.05, 0.1) is 0 Å². The van der Waals surface area contributed by atoms with Crippen LogP contribution in [0.2, 0.25) is 0 Å². The zero-order valence-electron chi connectivity index (χ0n) is 10.9. The van der Waals surface area contributed by atoms with E-state index in [0.29, 0.717) is 0 Å². The second-order valence-corrected chi connectivity index (χ2v) is 5.38. The minimum absolute atomic E-state index is 0.779. The highest BCUT2D eigenvalue weighted by molar-refractivity contribution is 4.85. The zero-order valence-corrected chi connectivity index (χ0v) is 10.9. The van der Waals surface area contributed by atoms with Crippen LogP contribution in [0.4, 0.5) is 0 Å². The topological polar surface area (TPSA) is 15.3 Å². The van der Waals surface area contributed by atoms with Crippen molar-refractivity contribution in [3.8, 4) is 0 Å². The molecule has 1 N–H and O–H groups in total. The van der Waals surface area contributed by atoms with E-state index in [1.807, 2.05) is 0 Å². The first-order valence-corrected chi connectivity index (χ1v) is 6.57. The third kappa shape index (κ3) is 4.52. The van der Waals surface area contributed by atoms with E-state index in [0.717, 1.165) is 24.5 Å². The van der Waals surface area contributed by atoms with Crippen LogP contribution in [0.5, 0.6) is 0 Å². The fourth-order valence-electron chi connectivity index (χ4n) is 2.48.